The minimum Gasteiger partial charge on any atom is -0.469 e. The average molecular weight is 1040 g/mol. The molecule has 12 aliphatic carbocycles. The molecule has 0 aliphatic heterocycles. The molecule has 12 fully saturated rings. The second-order valence-corrected chi connectivity index (χ2v) is 26.7. The molecule has 0 heterocycles. The van der Waals surface area contributed by atoms with Crippen molar-refractivity contribution in [3.8, 4) is 0 Å². The van der Waals surface area contributed by atoms with Crippen LogP contribution in [0.3, 0.4) is 0 Å². The van der Waals surface area contributed by atoms with Crippen LogP contribution in [0.1, 0.15) is 126 Å². The Morgan fingerprint density at radius 2 is 0.932 bits per heavy atom. The van der Waals surface area contributed by atoms with E-state index in [0.29, 0.717) is 72.7 Å². The van der Waals surface area contributed by atoms with Crippen LogP contribution in [0.4, 0.5) is 26.3 Å². The molecule has 28 atom stereocenters. The Labute approximate surface area is 429 Å². The molecule has 0 radical (unpaired) electrons. The van der Waals surface area contributed by atoms with Gasteiger partial charge < -0.3 is 23.7 Å². The van der Waals surface area contributed by atoms with E-state index in [1.807, 2.05) is 0 Å². The Morgan fingerprint density at radius 3 is 1.40 bits per heavy atom. The molecule has 0 saturated heterocycles. The zero-order valence-corrected chi connectivity index (χ0v) is 44.8. The van der Waals surface area contributed by atoms with Crippen molar-refractivity contribution < 1.29 is 69.2 Å². The third-order valence-electron chi connectivity index (χ3n) is 25.0. The standard InChI is InChI=1S/C20H30O4.C19H26F6O.C19H28O4/c1-9-10(2)14-7-13(9)19-12-5-15(16(6-12)20(14)19)17(24-11(3)21)8-18(22)23-4;1-8-9(2)13-6-12(8)15-10-4-11(14(5-10)16(13)15)7-17(26-3,18(20,21)22)19(23,24)25;1-9-10(2)13-8-12(9)17-11-6-14(18(13)17)15(7-11)19(21)23-5-4-16(20)22-3/h9-10,12-17,19-20H,5-8H2,1-4H3;8-16H,4-7H2,1-3H3;9-15,17-18H,4-8H2,1-3H3. The van der Waals surface area contributed by atoms with Crippen LogP contribution >= 0.6 is 0 Å². The first kappa shape index (κ1) is 53.8. The Balaban J connectivity index is 0.000000126. The van der Waals surface area contributed by atoms with Gasteiger partial charge in [0, 0.05) is 14.0 Å². The number of carbonyl (C=O) groups excluding carboxylic acids is 4. The van der Waals surface area contributed by atoms with E-state index in [9.17, 15) is 45.5 Å². The third kappa shape index (κ3) is 8.43. The minimum absolute atomic E-state index is 0.00539. The van der Waals surface area contributed by atoms with Gasteiger partial charge in [-0.25, -0.2) is 0 Å². The van der Waals surface area contributed by atoms with Crippen molar-refractivity contribution in [2.45, 2.75) is 150 Å². The summed E-state index contributed by atoms with van der Waals surface area (Å²) in [6, 6.07) is 0. The summed E-state index contributed by atoms with van der Waals surface area (Å²) in [6.07, 6.45) is -1.93. The van der Waals surface area contributed by atoms with E-state index in [1.54, 1.807) is 0 Å². The number of alkyl halides is 6. The normalized spacial score (nSPS) is 48.6. The summed E-state index contributed by atoms with van der Waals surface area (Å²) in [5.74, 6) is 15.3. The van der Waals surface area contributed by atoms with Crippen LogP contribution in [0.2, 0.25) is 0 Å². The summed E-state index contributed by atoms with van der Waals surface area (Å²) < 4.78 is 105. The van der Waals surface area contributed by atoms with Crippen LogP contribution < -0.4 is 0 Å². The van der Waals surface area contributed by atoms with Gasteiger partial charge in [0.25, 0.3) is 5.60 Å². The number of rotatable bonds is 11. The first-order chi connectivity index (χ1) is 34.4. The van der Waals surface area contributed by atoms with Crippen molar-refractivity contribution >= 4 is 23.9 Å². The van der Waals surface area contributed by atoms with Gasteiger partial charge in [-0.05, 0) is 218 Å². The van der Waals surface area contributed by atoms with Crippen molar-refractivity contribution in [2.75, 3.05) is 27.9 Å². The molecule has 0 spiro atoms. The number of fused-ring (bicyclic) bond motifs is 27. The number of esters is 4. The van der Waals surface area contributed by atoms with Crippen LogP contribution in [0.15, 0.2) is 0 Å². The largest absolute Gasteiger partial charge is 0.469 e. The predicted molar refractivity (Wildman–Crippen MR) is 256 cm³/mol. The van der Waals surface area contributed by atoms with E-state index in [4.69, 9.17) is 14.2 Å². The van der Waals surface area contributed by atoms with Crippen molar-refractivity contribution in [1.82, 2.24) is 0 Å². The number of carbonyl (C=O) groups is 4. The smallest absolute Gasteiger partial charge is 0.426 e. The Morgan fingerprint density at radius 1 is 0.507 bits per heavy atom. The quantitative estimate of drug-likeness (QED) is 0.0863. The number of hydrogen-bond donors (Lipinski definition) is 0. The maximum atomic E-state index is 13.5. The first-order valence-corrected chi connectivity index (χ1v) is 28.5. The van der Waals surface area contributed by atoms with Gasteiger partial charge in [-0.15, -0.1) is 0 Å². The number of methoxy groups -OCH3 is 3. The lowest BCUT2D eigenvalue weighted by atomic mass is 9.61. The highest BCUT2D eigenvalue weighted by atomic mass is 19.4. The molecule has 0 N–H and O–H groups in total. The van der Waals surface area contributed by atoms with Gasteiger partial charge in [0.15, 0.2) is 0 Å². The van der Waals surface area contributed by atoms with Gasteiger partial charge in [0.1, 0.15) is 12.7 Å². The summed E-state index contributed by atoms with van der Waals surface area (Å²) in [6.45, 7) is 15.8. The van der Waals surface area contributed by atoms with Gasteiger partial charge in [-0.2, -0.15) is 26.3 Å². The Kier molecular flexibility index (Phi) is 14.3. The van der Waals surface area contributed by atoms with Gasteiger partial charge in [-0.1, -0.05) is 41.5 Å². The highest BCUT2D eigenvalue weighted by Gasteiger charge is 2.75. The third-order valence-corrected chi connectivity index (χ3v) is 25.0. The molecule has 12 aliphatic rings. The highest BCUT2D eigenvalue weighted by molar-refractivity contribution is 5.75. The summed E-state index contributed by atoms with van der Waals surface area (Å²) >= 11 is 0. The van der Waals surface area contributed by atoms with E-state index >= 15 is 0 Å². The second-order valence-electron chi connectivity index (χ2n) is 26.7. The molecule has 15 heteroatoms. The fourth-order valence-corrected chi connectivity index (χ4v) is 22.1. The molecular weight excluding hydrogens is 955 g/mol. The lowest BCUT2D eigenvalue weighted by molar-refractivity contribution is -0.380. The van der Waals surface area contributed by atoms with Crippen molar-refractivity contribution in [3.63, 3.8) is 0 Å². The summed E-state index contributed by atoms with van der Waals surface area (Å²) in [5.41, 5.74) is -4.04. The van der Waals surface area contributed by atoms with Crippen LogP contribution in [-0.2, 0) is 42.9 Å². The van der Waals surface area contributed by atoms with Crippen LogP contribution in [0.25, 0.3) is 0 Å². The predicted octanol–water partition coefficient (Wildman–Crippen LogP) is 11.9. The average Bonchev–Trinajstić information content (AvgIpc) is 4.18. The second kappa shape index (κ2) is 19.4. The molecule has 12 bridgehead atoms. The van der Waals surface area contributed by atoms with Gasteiger partial charge in [0.05, 0.1) is 33.0 Å². The molecule has 412 valence electrons. The maximum absolute atomic E-state index is 13.5. The fourth-order valence-electron chi connectivity index (χ4n) is 22.1. The monoisotopic (exact) mass is 1040 g/mol. The van der Waals surface area contributed by atoms with E-state index in [-0.39, 0.29) is 61.3 Å². The van der Waals surface area contributed by atoms with E-state index in [0.717, 1.165) is 109 Å². The van der Waals surface area contributed by atoms with Crippen molar-refractivity contribution in [1.29, 1.82) is 0 Å². The number of ether oxygens (including phenoxy) is 5. The fraction of sp³-hybridized carbons (Fsp3) is 0.931. The summed E-state index contributed by atoms with van der Waals surface area (Å²) in [4.78, 5) is 47.0. The molecule has 73 heavy (non-hydrogen) atoms. The summed E-state index contributed by atoms with van der Waals surface area (Å²) in [7, 11) is 3.30. The van der Waals surface area contributed by atoms with Gasteiger partial charge in [-0.3, -0.25) is 19.2 Å². The SMILES string of the molecule is COC(=O)CC(OC(C)=O)C1CC2CC1C1C3CC(C(C)C3C)C21.COC(=O)CCOC(=O)C1CC2CC1C1C3CC(C(C)C3C)C21.COC(CC1CC2CC1C1C3CC(C(C)C3C)C21)(C(F)(F)F)C(F)(F)F. The number of halogens is 6. The van der Waals surface area contributed by atoms with E-state index in [2.05, 4.69) is 51.0 Å². The molecule has 28 unspecified atom stereocenters. The first-order valence-electron chi connectivity index (χ1n) is 28.5. The molecular formula is C58H84F6O9. The molecule has 0 aromatic heterocycles. The Hall–Kier alpha value is -2.58. The number of hydrogen-bond acceptors (Lipinski definition) is 9. The van der Waals surface area contributed by atoms with E-state index in [1.165, 1.54) is 46.8 Å². The van der Waals surface area contributed by atoms with Crippen molar-refractivity contribution in [2.24, 2.45) is 160 Å². The molecule has 0 aromatic carbocycles. The molecule has 12 saturated carbocycles. The van der Waals surface area contributed by atoms with Gasteiger partial charge >= 0.3 is 36.2 Å². The van der Waals surface area contributed by atoms with Crippen LogP contribution in [0, 0.1) is 160 Å². The molecule has 9 nitrogen and oxygen atoms in total. The zero-order chi connectivity index (χ0) is 52.7. The van der Waals surface area contributed by atoms with Crippen LogP contribution in [-0.4, -0.2) is 75.9 Å². The Bertz CT molecular complexity index is 2080. The van der Waals surface area contributed by atoms with E-state index < -0.39 is 30.3 Å². The molecule has 0 aromatic rings. The molecule has 0 amide bonds. The zero-order valence-electron chi connectivity index (χ0n) is 44.8. The topological polar surface area (TPSA) is 114 Å². The van der Waals surface area contributed by atoms with Crippen molar-refractivity contribution in [3.05, 3.63) is 0 Å². The van der Waals surface area contributed by atoms with Gasteiger partial charge in [0.2, 0.25) is 0 Å². The highest BCUT2D eigenvalue weighted by Crippen LogP contribution is 2.75. The molecule has 12 rings (SSSR count). The van der Waals surface area contributed by atoms with Crippen LogP contribution in [0.5, 0.6) is 0 Å². The lowest BCUT2D eigenvalue weighted by Crippen LogP contribution is -2.59. The minimum atomic E-state index is -5.46. The maximum Gasteiger partial charge on any atom is 0.426 e. The summed E-state index contributed by atoms with van der Waals surface area (Å²) in [5, 5.41) is 0. The lowest BCUT2D eigenvalue weighted by Gasteiger charge is -2.46.